The Kier molecular flexibility index (Phi) is 1.78. The molecular weight excluding hydrogens is 222 g/mol. The van der Waals surface area contributed by atoms with Crippen molar-refractivity contribution in [2.75, 3.05) is 0 Å². The van der Waals surface area contributed by atoms with Crippen molar-refractivity contribution in [2.45, 2.75) is 6.54 Å². The Morgan fingerprint density at radius 3 is 3.08 bits per heavy atom. The van der Waals surface area contributed by atoms with Gasteiger partial charge in [0.15, 0.2) is 16.1 Å². The lowest BCUT2D eigenvalue weighted by atomic mass is 10.6. The van der Waals surface area contributed by atoms with E-state index in [1.807, 2.05) is 0 Å². The second-order valence-corrected chi connectivity index (χ2v) is 2.98. The number of halogens is 1. The van der Waals surface area contributed by atoms with Gasteiger partial charge in [0.25, 0.3) is 0 Å². The highest BCUT2D eigenvalue weighted by atomic mass is 79.9. The SMILES string of the molecule is NCc1nnc2c(Br)nccn12. The third-order valence-corrected chi connectivity index (χ3v) is 2.10. The van der Waals surface area contributed by atoms with Crippen LogP contribution in [0.25, 0.3) is 5.65 Å². The fourth-order valence-electron chi connectivity index (χ4n) is 0.983. The molecule has 5 nitrogen and oxygen atoms in total. The third-order valence-electron chi connectivity index (χ3n) is 1.54. The van der Waals surface area contributed by atoms with E-state index in [1.54, 1.807) is 16.8 Å². The lowest BCUT2D eigenvalue weighted by Gasteiger charge is -1.95. The molecule has 0 unspecified atom stereocenters. The summed E-state index contributed by atoms with van der Waals surface area (Å²) in [5.41, 5.74) is 6.14. The van der Waals surface area contributed by atoms with Crippen LogP contribution in [0.2, 0.25) is 0 Å². The maximum absolute atomic E-state index is 5.45. The molecule has 0 aliphatic heterocycles. The van der Waals surface area contributed by atoms with Crippen LogP contribution in [0.15, 0.2) is 17.0 Å². The van der Waals surface area contributed by atoms with Crippen molar-refractivity contribution < 1.29 is 0 Å². The van der Waals surface area contributed by atoms with E-state index < -0.39 is 0 Å². The van der Waals surface area contributed by atoms with Crippen LogP contribution in [0.5, 0.6) is 0 Å². The highest BCUT2D eigenvalue weighted by molar-refractivity contribution is 9.10. The van der Waals surface area contributed by atoms with E-state index in [1.165, 1.54) is 0 Å². The number of nitrogens with two attached hydrogens (primary N) is 1. The van der Waals surface area contributed by atoms with E-state index >= 15 is 0 Å². The van der Waals surface area contributed by atoms with Crippen LogP contribution in [0.3, 0.4) is 0 Å². The summed E-state index contributed by atoms with van der Waals surface area (Å²) in [6.45, 7) is 0.373. The highest BCUT2D eigenvalue weighted by Crippen LogP contribution is 2.12. The summed E-state index contributed by atoms with van der Waals surface area (Å²) in [7, 11) is 0. The Morgan fingerprint density at radius 2 is 2.33 bits per heavy atom. The molecule has 2 heterocycles. The normalized spacial score (nSPS) is 10.8. The molecule has 0 spiro atoms. The first-order valence-electron chi connectivity index (χ1n) is 3.37. The zero-order valence-electron chi connectivity index (χ0n) is 6.11. The van der Waals surface area contributed by atoms with Crippen molar-refractivity contribution in [3.8, 4) is 0 Å². The van der Waals surface area contributed by atoms with Crippen LogP contribution < -0.4 is 5.73 Å². The number of fused-ring (bicyclic) bond motifs is 1. The van der Waals surface area contributed by atoms with E-state index in [4.69, 9.17) is 5.73 Å². The van der Waals surface area contributed by atoms with Crippen LogP contribution in [-0.4, -0.2) is 19.6 Å². The fraction of sp³-hybridized carbons (Fsp3) is 0.167. The monoisotopic (exact) mass is 227 g/mol. The molecule has 0 bridgehead atoms. The molecule has 0 aliphatic rings. The molecule has 0 aromatic carbocycles. The van der Waals surface area contributed by atoms with Crippen LogP contribution in [0.4, 0.5) is 0 Å². The van der Waals surface area contributed by atoms with Crippen LogP contribution in [0.1, 0.15) is 5.82 Å². The van der Waals surface area contributed by atoms with Crippen LogP contribution in [-0.2, 0) is 6.54 Å². The molecule has 6 heteroatoms. The topological polar surface area (TPSA) is 69.1 Å². The molecule has 0 saturated heterocycles. The van der Waals surface area contributed by atoms with Gasteiger partial charge in [-0.3, -0.25) is 4.40 Å². The minimum Gasteiger partial charge on any atom is -0.324 e. The Bertz CT molecular complexity index is 409. The average molecular weight is 228 g/mol. The van der Waals surface area contributed by atoms with Gasteiger partial charge in [-0.05, 0) is 15.9 Å². The van der Waals surface area contributed by atoms with Gasteiger partial charge in [0, 0.05) is 12.4 Å². The first kappa shape index (κ1) is 7.63. The molecule has 0 saturated carbocycles. The summed E-state index contributed by atoms with van der Waals surface area (Å²) in [6.07, 6.45) is 3.45. The van der Waals surface area contributed by atoms with E-state index in [0.29, 0.717) is 16.8 Å². The lowest BCUT2D eigenvalue weighted by molar-refractivity contribution is 0.880. The van der Waals surface area contributed by atoms with Gasteiger partial charge < -0.3 is 5.73 Å². The summed E-state index contributed by atoms with van der Waals surface area (Å²) in [5.74, 6) is 0.730. The van der Waals surface area contributed by atoms with Gasteiger partial charge in [-0.25, -0.2) is 4.98 Å². The van der Waals surface area contributed by atoms with Gasteiger partial charge in [-0.1, -0.05) is 0 Å². The lowest BCUT2D eigenvalue weighted by Crippen LogP contribution is -2.02. The molecule has 2 N–H and O–H groups in total. The summed E-state index contributed by atoms with van der Waals surface area (Å²) in [5, 5.41) is 7.81. The molecule has 0 radical (unpaired) electrons. The van der Waals surface area contributed by atoms with Crippen molar-refractivity contribution in [2.24, 2.45) is 5.73 Å². The predicted octanol–water partition coefficient (Wildman–Crippen LogP) is 0.345. The Morgan fingerprint density at radius 1 is 1.50 bits per heavy atom. The smallest absolute Gasteiger partial charge is 0.194 e. The maximum Gasteiger partial charge on any atom is 0.194 e. The van der Waals surface area contributed by atoms with E-state index in [2.05, 4.69) is 31.1 Å². The summed E-state index contributed by atoms with van der Waals surface area (Å²) < 4.78 is 2.48. The van der Waals surface area contributed by atoms with Crippen molar-refractivity contribution in [1.82, 2.24) is 19.6 Å². The van der Waals surface area contributed by atoms with Crippen molar-refractivity contribution in [3.63, 3.8) is 0 Å². The minimum atomic E-state index is 0.373. The molecular formula is C6H6BrN5. The fourth-order valence-corrected chi connectivity index (χ4v) is 1.37. The van der Waals surface area contributed by atoms with Gasteiger partial charge in [-0.2, -0.15) is 0 Å². The molecule has 2 aromatic heterocycles. The molecule has 12 heavy (non-hydrogen) atoms. The van der Waals surface area contributed by atoms with Crippen molar-refractivity contribution in [3.05, 3.63) is 22.8 Å². The Hall–Kier alpha value is -1.01. The zero-order chi connectivity index (χ0) is 8.55. The quantitative estimate of drug-likeness (QED) is 0.764. The first-order chi connectivity index (χ1) is 5.83. The van der Waals surface area contributed by atoms with Crippen molar-refractivity contribution in [1.29, 1.82) is 0 Å². The largest absolute Gasteiger partial charge is 0.324 e. The maximum atomic E-state index is 5.45. The van der Waals surface area contributed by atoms with E-state index in [-0.39, 0.29) is 0 Å². The predicted molar refractivity (Wildman–Crippen MR) is 46.4 cm³/mol. The van der Waals surface area contributed by atoms with Crippen LogP contribution >= 0.6 is 15.9 Å². The van der Waals surface area contributed by atoms with E-state index in [9.17, 15) is 0 Å². The number of nitrogens with zero attached hydrogens (tertiary/aromatic N) is 4. The number of rotatable bonds is 1. The standard InChI is InChI=1S/C6H6BrN5/c7-5-6-11-10-4(3-8)12(6)2-1-9-5/h1-2H,3,8H2. The molecule has 62 valence electrons. The molecule has 0 aliphatic carbocycles. The molecule has 0 amide bonds. The molecule has 0 atom stereocenters. The number of hydrogen-bond acceptors (Lipinski definition) is 4. The minimum absolute atomic E-state index is 0.373. The Balaban J connectivity index is 2.80. The Labute approximate surface area is 76.7 Å². The second-order valence-electron chi connectivity index (χ2n) is 2.23. The van der Waals surface area contributed by atoms with Gasteiger partial charge in [0.1, 0.15) is 0 Å². The average Bonchev–Trinajstić information content (AvgIpc) is 2.49. The van der Waals surface area contributed by atoms with Gasteiger partial charge in [-0.15, -0.1) is 10.2 Å². The van der Waals surface area contributed by atoms with Gasteiger partial charge in [0.05, 0.1) is 6.54 Å². The molecule has 0 fully saturated rings. The van der Waals surface area contributed by atoms with E-state index in [0.717, 1.165) is 5.82 Å². The van der Waals surface area contributed by atoms with Crippen molar-refractivity contribution >= 4 is 21.6 Å². The third kappa shape index (κ3) is 0.997. The van der Waals surface area contributed by atoms with Gasteiger partial charge in [0.2, 0.25) is 0 Å². The highest BCUT2D eigenvalue weighted by Gasteiger charge is 2.05. The molecule has 2 rings (SSSR count). The van der Waals surface area contributed by atoms with Crippen LogP contribution in [0, 0.1) is 0 Å². The summed E-state index contributed by atoms with van der Waals surface area (Å²) in [4.78, 5) is 4.01. The number of hydrogen-bond donors (Lipinski definition) is 1. The number of aromatic nitrogens is 4. The molecule has 2 aromatic rings. The second kappa shape index (κ2) is 2.80. The zero-order valence-corrected chi connectivity index (χ0v) is 7.69. The summed E-state index contributed by atoms with van der Waals surface area (Å²) in [6, 6.07) is 0. The summed E-state index contributed by atoms with van der Waals surface area (Å²) >= 11 is 3.26. The first-order valence-corrected chi connectivity index (χ1v) is 4.16. The van der Waals surface area contributed by atoms with Gasteiger partial charge >= 0.3 is 0 Å².